The number of rotatable bonds is 5. The van der Waals surface area contributed by atoms with Gasteiger partial charge in [0.05, 0.1) is 12.8 Å². The molecule has 0 atom stereocenters. The summed E-state index contributed by atoms with van der Waals surface area (Å²) in [5.41, 5.74) is -0.459. The van der Waals surface area contributed by atoms with E-state index in [9.17, 15) is 22.8 Å². The molecule has 24 heavy (non-hydrogen) atoms. The van der Waals surface area contributed by atoms with Crippen LogP contribution < -0.4 is 10.1 Å². The van der Waals surface area contributed by atoms with E-state index in [0.717, 1.165) is 6.07 Å². The molecule has 0 saturated carbocycles. The van der Waals surface area contributed by atoms with Gasteiger partial charge >= 0.3 is 5.97 Å². The Morgan fingerprint density at radius 3 is 2.46 bits per heavy atom. The number of methoxy groups -OCH3 is 1. The topological polar surface area (TPSA) is 64.6 Å². The lowest BCUT2D eigenvalue weighted by Gasteiger charge is -2.09. The number of benzene rings is 2. The zero-order valence-corrected chi connectivity index (χ0v) is 12.4. The van der Waals surface area contributed by atoms with Gasteiger partial charge < -0.3 is 14.8 Å². The molecule has 0 bridgehead atoms. The van der Waals surface area contributed by atoms with E-state index in [1.165, 1.54) is 19.2 Å². The fourth-order valence-electron chi connectivity index (χ4n) is 1.83. The molecule has 0 spiro atoms. The van der Waals surface area contributed by atoms with Crippen LogP contribution >= 0.6 is 0 Å². The Bertz CT molecular complexity index is 780. The number of amides is 1. The van der Waals surface area contributed by atoms with Crippen LogP contribution in [0.5, 0.6) is 5.75 Å². The van der Waals surface area contributed by atoms with Crippen molar-refractivity contribution >= 4 is 17.6 Å². The van der Waals surface area contributed by atoms with E-state index < -0.39 is 41.6 Å². The minimum Gasteiger partial charge on any atom is -0.496 e. The van der Waals surface area contributed by atoms with E-state index in [0.29, 0.717) is 6.07 Å². The number of para-hydroxylation sites is 1. The van der Waals surface area contributed by atoms with Gasteiger partial charge in [-0.25, -0.2) is 18.0 Å². The molecule has 0 unspecified atom stereocenters. The summed E-state index contributed by atoms with van der Waals surface area (Å²) in [7, 11) is 1.37. The number of halogens is 3. The van der Waals surface area contributed by atoms with Crippen molar-refractivity contribution in [1.29, 1.82) is 0 Å². The number of ether oxygens (including phenoxy) is 2. The highest BCUT2D eigenvalue weighted by molar-refractivity contribution is 5.96. The average molecular weight is 339 g/mol. The van der Waals surface area contributed by atoms with Crippen molar-refractivity contribution in [2.24, 2.45) is 0 Å². The molecule has 1 amide bonds. The van der Waals surface area contributed by atoms with E-state index in [1.807, 2.05) is 5.32 Å². The first-order chi connectivity index (χ1) is 11.4. The lowest BCUT2D eigenvalue weighted by atomic mass is 10.2. The summed E-state index contributed by atoms with van der Waals surface area (Å²) in [6, 6.07) is 7.72. The third kappa shape index (κ3) is 3.83. The molecular formula is C16H12F3NO4. The normalized spacial score (nSPS) is 10.2. The van der Waals surface area contributed by atoms with Crippen LogP contribution in [0, 0.1) is 17.5 Å². The maximum absolute atomic E-state index is 13.4. The predicted molar refractivity (Wildman–Crippen MR) is 78.2 cm³/mol. The van der Waals surface area contributed by atoms with Crippen molar-refractivity contribution in [3.8, 4) is 5.75 Å². The second kappa shape index (κ2) is 7.49. The molecule has 2 rings (SSSR count). The molecule has 0 saturated heterocycles. The summed E-state index contributed by atoms with van der Waals surface area (Å²) in [5, 5.41) is 1.98. The number of carbonyl (C=O) groups is 2. The molecular weight excluding hydrogens is 327 g/mol. The van der Waals surface area contributed by atoms with Crippen LogP contribution in [-0.2, 0) is 9.53 Å². The van der Waals surface area contributed by atoms with Gasteiger partial charge in [-0.05, 0) is 24.3 Å². The van der Waals surface area contributed by atoms with Gasteiger partial charge in [0.15, 0.2) is 24.1 Å². The number of carbonyl (C=O) groups excluding carboxylic acids is 2. The van der Waals surface area contributed by atoms with Crippen molar-refractivity contribution in [3.63, 3.8) is 0 Å². The maximum atomic E-state index is 13.4. The largest absolute Gasteiger partial charge is 0.496 e. The monoisotopic (exact) mass is 339 g/mol. The maximum Gasteiger partial charge on any atom is 0.342 e. The van der Waals surface area contributed by atoms with Crippen LogP contribution in [0.3, 0.4) is 0 Å². The highest BCUT2D eigenvalue weighted by Crippen LogP contribution is 2.20. The van der Waals surface area contributed by atoms with Gasteiger partial charge in [-0.15, -0.1) is 0 Å². The lowest BCUT2D eigenvalue weighted by molar-refractivity contribution is -0.119. The first-order valence-electron chi connectivity index (χ1n) is 6.67. The molecule has 8 heteroatoms. The van der Waals surface area contributed by atoms with Crippen molar-refractivity contribution in [1.82, 2.24) is 0 Å². The van der Waals surface area contributed by atoms with Crippen molar-refractivity contribution in [2.45, 2.75) is 0 Å². The van der Waals surface area contributed by atoms with Crippen molar-refractivity contribution in [3.05, 3.63) is 59.4 Å². The van der Waals surface area contributed by atoms with Gasteiger partial charge in [-0.1, -0.05) is 12.1 Å². The van der Waals surface area contributed by atoms with Gasteiger partial charge in [-0.2, -0.15) is 0 Å². The van der Waals surface area contributed by atoms with Crippen molar-refractivity contribution in [2.75, 3.05) is 19.0 Å². The smallest absolute Gasteiger partial charge is 0.342 e. The Labute approximate surface area is 135 Å². The molecule has 0 aliphatic carbocycles. The van der Waals surface area contributed by atoms with Crippen LogP contribution in [0.15, 0.2) is 36.4 Å². The summed E-state index contributed by atoms with van der Waals surface area (Å²) in [4.78, 5) is 23.5. The molecule has 0 radical (unpaired) electrons. The average Bonchev–Trinajstić information content (AvgIpc) is 2.60. The molecule has 0 fully saturated rings. The molecule has 0 aromatic heterocycles. The molecule has 5 nitrogen and oxygen atoms in total. The number of anilines is 1. The van der Waals surface area contributed by atoms with E-state index in [4.69, 9.17) is 9.47 Å². The third-order valence-corrected chi connectivity index (χ3v) is 2.97. The van der Waals surface area contributed by atoms with Crippen molar-refractivity contribution < 1.29 is 32.2 Å². The van der Waals surface area contributed by atoms with Gasteiger partial charge in [0, 0.05) is 0 Å². The molecule has 2 aromatic carbocycles. The Morgan fingerprint density at radius 2 is 1.75 bits per heavy atom. The molecule has 0 aliphatic heterocycles. The fourth-order valence-corrected chi connectivity index (χ4v) is 1.83. The molecule has 126 valence electrons. The number of hydrogen-bond acceptors (Lipinski definition) is 4. The molecule has 0 aliphatic rings. The van der Waals surface area contributed by atoms with Crippen LogP contribution in [0.2, 0.25) is 0 Å². The van der Waals surface area contributed by atoms with E-state index >= 15 is 0 Å². The van der Waals surface area contributed by atoms with E-state index in [-0.39, 0.29) is 11.3 Å². The molecule has 2 aromatic rings. The quantitative estimate of drug-likeness (QED) is 0.672. The fraction of sp³-hybridized carbons (Fsp3) is 0.125. The van der Waals surface area contributed by atoms with E-state index in [1.54, 1.807) is 12.1 Å². The van der Waals surface area contributed by atoms with E-state index in [2.05, 4.69) is 0 Å². The Hall–Kier alpha value is -3.03. The van der Waals surface area contributed by atoms with Crippen LogP contribution in [0.25, 0.3) is 0 Å². The number of nitrogens with one attached hydrogen (secondary N) is 1. The van der Waals surface area contributed by atoms with Gasteiger partial charge in [0.1, 0.15) is 11.3 Å². The standard InChI is InChI=1S/C16H12F3NO4/c1-23-12-5-3-2-4-9(12)16(22)24-8-13(21)20-11-7-6-10(17)14(18)15(11)19/h2-7H,8H2,1H3,(H,20,21). The summed E-state index contributed by atoms with van der Waals surface area (Å²) >= 11 is 0. The summed E-state index contributed by atoms with van der Waals surface area (Å²) in [6.07, 6.45) is 0. The Balaban J connectivity index is 1.99. The van der Waals surface area contributed by atoms with Crippen LogP contribution in [0.1, 0.15) is 10.4 Å². The zero-order valence-electron chi connectivity index (χ0n) is 12.4. The van der Waals surface area contributed by atoms with Crippen LogP contribution in [0.4, 0.5) is 18.9 Å². The third-order valence-electron chi connectivity index (χ3n) is 2.97. The minimum absolute atomic E-state index is 0.104. The number of hydrogen-bond donors (Lipinski definition) is 1. The van der Waals surface area contributed by atoms with Gasteiger partial charge in [-0.3, -0.25) is 4.79 Å². The first kappa shape index (κ1) is 17.3. The predicted octanol–water partition coefficient (Wildman–Crippen LogP) is 2.91. The van der Waals surface area contributed by atoms with Gasteiger partial charge in [0.2, 0.25) is 0 Å². The minimum atomic E-state index is -1.71. The summed E-state index contributed by atoms with van der Waals surface area (Å²) < 4.78 is 49.1. The summed E-state index contributed by atoms with van der Waals surface area (Å²) in [6.45, 7) is -0.741. The zero-order chi connectivity index (χ0) is 17.7. The SMILES string of the molecule is COc1ccccc1C(=O)OCC(=O)Nc1ccc(F)c(F)c1F. The number of esters is 1. The Kier molecular flexibility index (Phi) is 5.41. The summed E-state index contributed by atoms with van der Waals surface area (Å²) in [5.74, 6) is -6.11. The second-order valence-corrected chi connectivity index (χ2v) is 4.55. The highest BCUT2D eigenvalue weighted by atomic mass is 19.2. The van der Waals surface area contributed by atoms with Gasteiger partial charge in [0.25, 0.3) is 5.91 Å². The second-order valence-electron chi connectivity index (χ2n) is 4.55. The van der Waals surface area contributed by atoms with Crippen LogP contribution in [-0.4, -0.2) is 25.6 Å². The lowest BCUT2D eigenvalue weighted by Crippen LogP contribution is -2.22. The highest BCUT2D eigenvalue weighted by Gasteiger charge is 2.17. The molecule has 1 N–H and O–H groups in total. The molecule has 0 heterocycles. The first-order valence-corrected chi connectivity index (χ1v) is 6.67. The Morgan fingerprint density at radius 1 is 1.04 bits per heavy atom.